The van der Waals surface area contributed by atoms with Crippen LogP contribution in [-0.4, -0.2) is 132 Å². The van der Waals surface area contributed by atoms with Gasteiger partial charge < -0.3 is 65.2 Å². The molecule has 3 aliphatic rings. The number of aliphatic hydroxyl groups excluding tert-OH is 4. The number of methoxy groups -OCH3 is 1. The summed E-state index contributed by atoms with van der Waals surface area (Å²) in [7, 11) is 2.64. The summed E-state index contributed by atoms with van der Waals surface area (Å²) in [4.78, 5) is 30.5. The van der Waals surface area contributed by atoms with Crippen LogP contribution in [0.1, 0.15) is 13.8 Å². The summed E-state index contributed by atoms with van der Waals surface area (Å²) in [6, 6.07) is 0. The number of carbonyl (C=O) groups excluding carboxylic acids is 1. The number of aliphatic imine (C=N–C) groups is 1. The molecule has 3 heterocycles. The highest BCUT2D eigenvalue weighted by molar-refractivity contribution is 5.95. The number of hydrogen-bond acceptors (Lipinski definition) is 13. The minimum atomic E-state index is -1.47. The second kappa shape index (κ2) is 16.7. The average molecular weight is 653 g/mol. The van der Waals surface area contributed by atoms with Crippen LogP contribution in [0.4, 0.5) is 0 Å². The number of nitrogens with two attached hydrogens (primary N) is 1. The van der Waals surface area contributed by atoms with Crippen LogP contribution in [0.15, 0.2) is 64.7 Å². The maximum Gasteiger partial charge on any atom is 0.339 e. The number of aliphatic hydroxyl groups is 4. The number of nitrogens with one attached hydrogen (secondary N) is 1. The number of β-amino-alcohol motifs (C(OH)–C–C–N with tert-alkyl or cyclic N) is 1. The summed E-state index contributed by atoms with van der Waals surface area (Å²) < 4.78 is 28.5. The van der Waals surface area contributed by atoms with Gasteiger partial charge in [0.2, 0.25) is 6.29 Å². The zero-order chi connectivity index (χ0) is 34.1. The summed E-state index contributed by atoms with van der Waals surface area (Å²) in [5.74, 6) is -3.60. The fourth-order valence-electron chi connectivity index (χ4n) is 5.24. The van der Waals surface area contributed by atoms with Gasteiger partial charge in [0.25, 0.3) is 0 Å². The number of carboxylic acids is 1. The lowest BCUT2D eigenvalue weighted by Crippen LogP contribution is -2.61. The molecule has 0 bridgehead atoms. The maximum atomic E-state index is 12.9. The Morgan fingerprint density at radius 2 is 1.98 bits per heavy atom. The smallest absolute Gasteiger partial charge is 0.339 e. The van der Waals surface area contributed by atoms with E-state index in [-0.39, 0.29) is 42.5 Å². The van der Waals surface area contributed by atoms with Crippen molar-refractivity contribution in [2.75, 3.05) is 40.5 Å². The van der Waals surface area contributed by atoms with Crippen molar-refractivity contribution in [1.29, 1.82) is 0 Å². The van der Waals surface area contributed by atoms with Crippen molar-refractivity contribution in [2.24, 2.45) is 22.6 Å². The first kappa shape index (κ1) is 36.7. The van der Waals surface area contributed by atoms with Crippen LogP contribution in [0.25, 0.3) is 0 Å². The summed E-state index contributed by atoms with van der Waals surface area (Å²) in [6.45, 7) is 6.81. The van der Waals surface area contributed by atoms with Crippen molar-refractivity contribution in [3.63, 3.8) is 0 Å². The molecule has 1 fully saturated rings. The van der Waals surface area contributed by atoms with E-state index in [0.717, 1.165) is 6.26 Å². The molecule has 0 aromatic carbocycles. The molecule has 46 heavy (non-hydrogen) atoms. The van der Waals surface area contributed by atoms with Gasteiger partial charge in [-0.2, -0.15) is 0 Å². The van der Waals surface area contributed by atoms with Crippen molar-refractivity contribution in [3.05, 3.63) is 59.7 Å². The van der Waals surface area contributed by atoms with Crippen molar-refractivity contribution >= 4 is 17.9 Å². The van der Waals surface area contributed by atoms with E-state index >= 15 is 0 Å². The minimum absolute atomic E-state index is 0.0403. The van der Waals surface area contributed by atoms with E-state index in [0.29, 0.717) is 5.57 Å². The molecule has 0 spiro atoms. The number of rotatable bonds is 13. The van der Waals surface area contributed by atoms with E-state index in [1.54, 1.807) is 30.9 Å². The van der Waals surface area contributed by atoms with Crippen LogP contribution >= 0.6 is 0 Å². The number of ether oxygens (including phenoxy) is 5. The first-order chi connectivity index (χ1) is 21.9. The van der Waals surface area contributed by atoms with Crippen LogP contribution in [0.2, 0.25) is 0 Å². The number of carbonyl (C=O) groups is 2. The quantitative estimate of drug-likeness (QED) is 0.0529. The van der Waals surface area contributed by atoms with Crippen molar-refractivity contribution in [3.8, 4) is 0 Å². The number of hydrogen-bond donors (Lipinski definition) is 7. The number of esters is 1. The Morgan fingerprint density at radius 1 is 1.26 bits per heavy atom. The van der Waals surface area contributed by atoms with Gasteiger partial charge in [-0.15, -0.1) is 6.58 Å². The van der Waals surface area contributed by atoms with Gasteiger partial charge >= 0.3 is 11.9 Å². The molecule has 1 saturated heterocycles. The molecule has 0 aliphatic carbocycles. The SMILES string of the molecule is C=CC1C(OC2OC(CO)C(O)C(O)C2OC(C)C)OC=C(C(=O)OC)C1C=CC1=C(NC(N)=NC)C(C(=O)O)=CN(CCO)C1. The van der Waals surface area contributed by atoms with Gasteiger partial charge in [-0.1, -0.05) is 18.2 Å². The molecule has 0 amide bonds. The van der Waals surface area contributed by atoms with Crippen LogP contribution in [-0.2, 0) is 33.3 Å². The van der Waals surface area contributed by atoms with Gasteiger partial charge in [0.1, 0.15) is 24.4 Å². The third-order valence-corrected chi connectivity index (χ3v) is 7.52. The van der Waals surface area contributed by atoms with Crippen molar-refractivity contribution in [2.45, 2.75) is 56.9 Å². The molecule has 3 rings (SSSR count). The van der Waals surface area contributed by atoms with Crippen molar-refractivity contribution < 1.29 is 58.8 Å². The normalized spacial score (nSPS) is 30.5. The summed E-state index contributed by atoms with van der Waals surface area (Å²) in [6.07, 6.45) is -0.886. The van der Waals surface area contributed by atoms with Crippen LogP contribution in [0.5, 0.6) is 0 Å². The highest BCUT2D eigenvalue weighted by Crippen LogP contribution is 2.37. The Labute approximate surface area is 266 Å². The molecule has 16 nitrogen and oxygen atoms in total. The lowest BCUT2D eigenvalue weighted by molar-refractivity contribution is -0.348. The fraction of sp³-hybridized carbons (Fsp3) is 0.567. The number of carboxylic acid groups (broad SMARTS) is 1. The fourth-order valence-corrected chi connectivity index (χ4v) is 5.24. The van der Waals surface area contributed by atoms with E-state index in [4.69, 9.17) is 29.4 Å². The monoisotopic (exact) mass is 652 g/mol. The molecule has 256 valence electrons. The van der Waals surface area contributed by atoms with E-state index in [2.05, 4.69) is 16.9 Å². The molecule has 0 aromatic heterocycles. The molecule has 8 N–H and O–H groups in total. The lowest BCUT2D eigenvalue weighted by Gasteiger charge is -2.44. The zero-order valence-corrected chi connectivity index (χ0v) is 26.2. The van der Waals surface area contributed by atoms with E-state index in [1.807, 2.05) is 0 Å². The van der Waals surface area contributed by atoms with E-state index in [1.165, 1.54) is 26.4 Å². The summed E-state index contributed by atoms with van der Waals surface area (Å²) in [5, 5.41) is 53.2. The van der Waals surface area contributed by atoms with E-state index < -0.39 is 73.5 Å². The molecule has 16 heteroatoms. The van der Waals surface area contributed by atoms with Crippen LogP contribution in [0, 0.1) is 11.8 Å². The molecule has 8 unspecified atom stereocenters. The third-order valence-electron chi connectivity index (χ3n) is 7.52. The Bertz CT molecular complexity index is 1260. The van der Waals surface area contributed by atoms with Crippen LogP contribution < -0.4 is 11.1 Å². The molecular weight excluding hydrogens is 608 g/mol. The number of nitrogens with zero attached hydrogens (tertiary/aromatic N) is 2. The Kier molecular flexibility index (Phi) is 13.3. The van der Waals surface area contributed by atoms with Gasteiger partial charge in [-0.25, -0.2) is 9.59 Å². The van der Waals surface area contributed by atoms with Gasteiger partial charge in [0.05, 0.1) is 55.5 Å². The Balaban J connectivity index is 2.05. The highest BCUT2D eigenvalue weighted by atomic mass is 16.8. The molecule has 3 aliphatic heterocycles. The van der Waals surface area contributed by atoms with Gasteiger partial charge in [0, 0.05) is 32.3 Å². The first-order valence-corrected chi connectivity index (χ1v) is 14.6. The standard InChI is InChI=1S/C30H44N4O12/c1-6-17-18(8-7-16-11-34(9-10-35)12-19(26(39)40)22(16)33-30(31)32-4)20(27(41)42-5)14-43-28(17)46-29-25(44-15(2)3)24(38)23(37)21(13-36)45-29/h6-8,12,14-15,17-18,21,23-25,28-29,35-38H,1,9-11,13H2,2-5H3,(H,39,40)(H3,31,32,33). The van der Waals surface area contributed by atoms with Gasteiger partial charge in [-0.3, -0.25) is 4.99 Å². The Morgan fingerprint density at radius 3 is 2.54 bits per heavy atom. The number of guanidine groups is 1. The topological polar surface area (TPSA) is 235 Å². The second-order valence-electron chi connectivity index (χ2n) is 10.9. The number of allylic oxidation sites excluding steroid dienone is 1. The highest BCUT2D eigenvalue weighted by Gasteiger charge is 2.49. The maximum absolute atomic E-state index is 12.9. The van der Waals surface area contributed by atoms with Crippen molar-refractivity contribution in [1.82, 2.24) is 10.2 Å². The first-order valence-electron chi connectivity index (χ1n) is 14.6. The van der Waals surface area contributed by atoms with E-state index in [9.17, 15) is 35.1 Å². The molecule has 0 radical (unpaired) electrons. The predicted octanol–water partition coefficient (Wildman–Crippen LogP) is -1.31. The minimum Gasteiger partial charge on any atom is -0.478 e. The average Bonchev–Trinajstić information content (AvgIpc) is 3.03. The molecule has 0 saturated carbocycles. The summed E-state index contributed by atoms with van der Waals surface area (Å²) >= 11 is 0. The zero-order valence-electron chi connectivity index (χ0n) is 26.2. The Hall–Kier alpha value is -3.77. The summed E-state index contributed by atoms with van der Waals surface area (Å²) in [5.41, 5.74) is 6.45. The third kappa shape index (κ3) is 8.52. The largest absolute Gasteiger partial charge is 0.478 e. The van der Waals surface area contributed by atoms with Gasteiger partial charge in [-0.05, 0) is 19.4 Å². The predicted molar refractivity (Wildman–Crippen MR) is 162 cm³/mol. The van der Waals surface area contributed by atoms with Gasteiger partial charge in [0.15, 0.2) is 12.2 Å². The van der Waals surface area contributed by atoms with Crippen LogP contribution in [0.3, 0.4) is 0 Å². The molecule has 0 aromatic rings. The lowest BCUT2D eigenvalue weighted by atomic mass is 9.83. The second-order valence-corrected chi connectivity index (χ2v) is 10.9. The molecule has 8 atom stereocenters. The number of aliphatic carboxylic acids is 1. The molecular formula is C30H44N4O12.